The van der Waals surface area contributed by atoms with Crippen molar-refractivity contribution in [3.8, 4) is 0 Å². The number of nitrogens with one attached hydrogen (secondary N) is 2. The second kappa shape index (κ2) is 5.77. The number of aromatic amines is 1. The number of carbonyl (C=O) groups excluding carboxylic acids is 1. The van der Waals surface area contributed by atoms with E-state index in [1.807, 2.05) is 0 Å². The van der Waals surface area contributed by atoms with Crippen molar-refractivity contribution < 1.29 is 24.7 Å². The first-order valence-electron chi connectivity index (χ1n) is 11.8. The summed E-state index contributed by atoms with van der Waals surface area (Å²) in [7, 11) is 0. The SMILES string of the molecule is [2H]c1c(CCN(C([2H])([2H])[2H])C([2H])([2H])[2H])c2cc(C([2H])([2H])[C@H]3COC(=O)N3[2H])ccc2n1[2H]. The van der Waals surface area contributed by atoms with Crippen LogP contribution in [-0.2, 0) is 17.5 Å². The smallest absolute Gasteiger partial charge is 0.407 e. The Balaban J connectivity index is 2.01. The van der Waals surface area contributed by atoms with Crippen molar-refractivity contribution >= 4 is 17.0 Å². The highest BCUT2D eigenvalue weighted by Crippen LogP contribution is 2.21. The summed E-state index contributed by atoms with van der Waals surface area (Å²) in [5, 5.41) is 0.700. The molecule has 3 rings (SSSR count). The lowest BCUT2D eigenvalue weighted by Gasteiger charge is -2.09. The van der Waals surface area contributed by atoms with Gasteiger partial charge in [0.2, 0.25) is 0 Å². The van der Waals surface area contributed by atoms with Crippen molar-refractivity contribution in [3.63, 3.8) is 0 Å². The van der Waals surface area contributed by atoms with E-state index in [9.17, 15) is 4.79 Å². The van der Waals surface area contributed by atoms with Gasteiger partial charge in [-0.1, -0.05) is 6.07 Å². The maximum atomic E-state index is 11.5. The highest BCUT2D eigenvalue weighted by molar-refractivity contribution is 5.84. The van der Waals surface area contributed by atoms with Crippen LogP contribution in [0.1, 0.15) is 23.5 Å². The highest BCUT2D eigenvalue weighted by atomic mass is 16.6. The van der Waals surface area contributed by atoms with Gasteiger partial charge in [0.05, 0.1) is 7.41 Å². The summed E-state index contributed by atoms with van der Waals surface area (Å²) in [6.07, 6.45) is -3.63. The van der Waals surface area contributed by atoms with E-state index in [-0.39, 0.29) is 41.2 Å². The van der Waals surface area contributed by atoms with E-state index in [1.165, 1.54) is 18.2 Å². The monoisotopic (exact) mass is 298 g/mol. The second-order valence-corrected chi connectivity index (χ2v) is 4.70. The second-order valence-electron chi connectivity index (χ2n) is 4.70. The number of hydrogen-bond acceptors (Lipinski definition) is 3. The molecule has 2 aromatic rings. The Bertz CT molecular complexity index is 1020. The average Bonchev–Trinajstić information content (AvgIpc) is 3.11. The number of aromatic nitrogens is 1. The Morgan fingerprint density at radius 1 is 1.62 bits per heavy atom. The molecule has 1 aromatic carbocycles. The van der Waals surface area contributed by atoms with Crippen molar-refractivity contribution in [2.75, 3.05) is 27.1 Å². The molecule has 1 aliphatic heterocycles. The van der Waals surface area contributed by atoms with Crippen LogP contribution in [0.2, 0.25) is 2.82 Å². The number of nitrogens with zero attached hydrogens (tertiary/aromatic N) is 1. The number of ether oxygens (including phenoxy) is 1. The predicted octanol–water partition coefficient (Wildman–Crippen LogP) is 1.92. The molecule has 21 heavy (non-hydrogen) atoms. The molecule has 0 spiro atoms. The van der Waals surface area contributed by atoms with Crippen molar-refractivity contribution in [3.05, 3.63) is 35.5 Å². The third kappa shape index (κ3) is 3.19. The Hall–Kier alpha value is -2.01. The van der Waals surface area contributed by atoms with Gasteiger partial charge in [-0.25, -0.2) is 4.79 Å². The quantitative estimate of drug-likeness (QED) is 0.887. The summed E-state index contributed by atoms with van der Waals surface area (Å²) < 4.78 is 90.5. The number of H-pyrrole nitrogens is 1. The Labute approximate surface area is 139 Å². The van der Waals surface area contributed by atoms with E-state index in [2.05, 4.69) is 0 Å². The van der Waals surface area contributed by atoms with E-state index >= 15 is 0 Å². The predicted molar refractivity (Wildman–Crippen MR) is 82.5 cm³/mol. The van der Waals surface area contributed by atoms with E-state index in [0.717, 1.165) is 4.98 Å². The minimum Gasteiger partial charge on any atom is -0.447 e. The van der Waals surface area contributed by atoms with Crippen LogP contribution in [0.25, 0.3) is 10.9 Å². The number of benzene rings is 1. The van der Waals surface area contributed by atoms with E-state index in [0.29, 0.717) is 10.2 Å². The number of carbonyl (C=O) groups is 1. The molecule has 1 aromatic heterocycles. The lowest BCUT2D eigenvalue weighted by Crippen LogP contribution is -2.28. The third-order valence-corrected chi connectivity index (χ3v) is 3.18. The van der Waals surface area contributed by atoms with Gasteiger partial charge in [-0.2, -0.15) is 0 Å². The lowest BCUT2D eigenvalue weighted by molar-refractivity contribution is 0.177. The molecular formula is C16H21N3O2. The maximum Gasteiger partial charge on any atom is 0.407 e. The summed E-state index contributed by atoms with van der Waals surface area (Å²) in [5.74, 6) is 0. The number of amides is 1. The Morgan fingerprint density at radius 2 is 2.52 bits per heavy atom. The average molecular weight is 298 g/mol. The van der Waals surface area contributed by atoms with Gasteiger partial charge in [-0.05, 0) is 50.0 Å². The molecular weight excluding hydrogens is 266 g/mol. The highest BCUT2D eigenvalue weighted by Gasteiger charge is 2.22. The van der Waals surface area contributed by atoms with Gasteiger partial charge in [0, 0.05) is 34.6 Å². The van der Waals surface area contributed by atoms with Crippen LogP contribution >= 0.6 is 0 Å². The van der Waals surface area contributed by atoms with Gasteiger partial charge in [-0.15, -0.1) is 0 Å². The number of likely N-dealkylation sites (N-methyl/N-ethyl adjacent to an activating group) is 1. The normalized spacial score (nSPS) is 28.2. The third-order valence-electron chi connectivity index (χ3n) is 3.18. The number of cyclic esters (lactones) is 1. The molecule has 1 saturated heterocycles. The Kier molecular flexibility index (Phi) is 1.65. The summed E-state index contributed by atoms with van der Waals surface area (Å²) in [6, 6.07) is 2.95. The fourth-order valence-electron chi connectivity index (χ4n) is 2.19. The summed E-state index contributed by atoms with van der Waals surface area (Å²) in [6.45, 7) is -6.57. The minimum absolute atomic E-state index is 0.0703. The van der Waals surface area contributed by atoms with E-state index in [1.54, 1.807) is 0 Å². The zero-order valence-electron chi connectivity index (χ0n) is 22.1. The number of fused-ring (bicyclic) bond motifs is 1. The van der Waals surface area contributed by atoms with E-state index in [4.69, 9.17) is 19.9 Å². The molecule has 0 unspecified atom stereocenters. The largest absolute Gasteiger partial charge is 0.447 e. The van der Waals surface area contributed by atoms with Crippen LogP contribution in [0, 0.1) is 0 Å². The summed E-state index contributed by atoms with van der Waals surface area (Å²) in [4.78, 5) is 12.6. The van der Waals surface area contributed by atoms with Crippen molar-refractivity contribution in [2.24, 2.45) is 0 Å². The first kappa shape index (κ1) is 6.01. The van der Waals surface area contributed by atoms with Crippen LogP contribution in [0.5, 0.6) is 0 Å². The molecule has 1 atom stereocenters. The summed E-state index contributed by atoms with van der Waals surface area (Å²) in [5.41, 5.74) is 0.508. The number of hydrogen-bond donors (Lipinski definition) is 2. The maximum absolute atomic E-state index is 11.5. The molecule has 0 bridgehead atoms. The van der Waals surface area contributed by atoms with Crippen molar-refractivity contribution in [1.82, 2.24) is 15.2 Å². The molecule has 112 valence electrons. The molecule has 2 heterocycles. The summed E-state index contributed by atoms with van der Waals surface area (Å²) >= 11 is 0. The molecule has 5 heteroatoms. The molecule has 0 saturated carbocycles. The fraction of sp³-hybridized carbons (Fsp3) is 0.438. The first-order chi connectivity index (χ1) is 14.6. The van der Waals surface area contributed by atoms with Crippen molar-refractivity contribution in [2.45, 2.75) is 18.8 Å². The van der Waals surface area contributed by atoms with Crippen molar-refractivity contribution in [1.29, 1.82) is 0 Å². The fourth-order valence-corrected chi connectivity index (χ4v) is 2.19. The topological polar surface area (TPSA) is 57.4 Å². The minimum atomic E-state index is -2.90. The van der Waals surface area contributed by atoms with E-state index < -0.39 is 39.0 Å². The lowest BCUT2D eigenvalue weighted by atomic mass is 10.0. The molecule has 1 aliphatic rings. The Morgan fingerprint density at radius 3 is 3.29 bits per heavy atom. The van der Waals surface area contributed by atoms with Gasteiger partial charge in [0.15, 0.2) is 2.82 Å². The molecule has 0 aliphatic carbocycles. The number of alkyl carbamates (subject to hydrolysis) is 1. The molecule has 1 fully saturated rings. The van der Waals surface area contributed by atoms with Crippen LogP contribution < -0.4 is 5.31 Å². The molecule has 5 nitrogen and oxygen atoms in total. The van der Waals surface area contributed by atoms with Crippen LogP contribution in [0.15, 0.2) is 24.4 Å². The first-order valence-corrected chi connectivity index (χ1v) is 6.43. The van der Waals surface area contributed by atoms with Crippen LogP contribution in [-0.4, -0.2) is 49.1 Å². The molecule has 2 N–H and O–H groups in total. The van der Waals surface area contributed by atoms with Gasteiger partial charge in [0.25, 0.3) is 0 Å². The van der Waals surface area contributed by atoms with Crippen LogP contribution in [0.3, 0.4) is 0 Å². The zero-order valence-corrected chi connectivity index (χ0v) is 11.1. The molecule has 0 radical (unpaired) electrons. The number of rotatable bonds is 5. The van der Waals surface area contributed by atoms with Gasteiger partial charge < -0.3 is 19.9 Å². The standard InChI is InChI=1S/C16H21N3O2/c1-19(2)6-5-12-9-17-15-4-3-11(8-14(12)15)7-13-10-21-16(20)18-13/h3-4,8-9,13,17H,5-7,10H2,1-2H3,(H,18,20)/t13-/m0/s1/i1D3,2D3,7D2,9D/hD2. The van der Waals surface area contributed by atoms with Gasteiger partial charge >= 0.3 is 6.09 Å². The van der Waals surface area contributed by atoms with Crippen LogP contribution in [0.4, 0.5) is 4.79 Å². The zero-order chi connectivity index (χ0) is 24.2. The van der Waals surface area contributed by atoms with Gasteiger partial charge in [0.1, 0.15) is 6.61 Å². The van der Waals surface area contributed by atoms with Gasteiger partial charge in [-0.3, -0.25) is 0 Å². The molecule has 1 amide bonds.